The van der Waals surface area contributed by atoms with Gasteiger partial charge in [-0.15, -0.1) is 0 Å². The minimum Gasteiger partial charge on any atom is -0.423 e. The molecule has 4 aromatic carbocycles. The topological polar surface area (TPSA) is 73.5 Å². The smallest absolute Gasteiger partial charge is 0.336 e. The number of esters is 1. The van der Waals surface area contributed by atoms with Crippen LogP contribution in [0.4, 0.5) is 0 Å². The summed E-state index contributed by atoms with van der Waals surface area (Å²) in [7, 11) is 0. The molecule has 0 bridgehead atoms. The SMILES string of the molecule is O=C(/C=C/c1ccccc1)Oc1ccc(Cl)cc1C=Nn1c(-c2ccccc2)nc2ccccc2c1=O. The van der Waals surface area contributed by atoms with E-state index in [2.05, 4.69) is 10.1 Å². The molecule has 180 valence electrons. The van der Waals surface area contributed by atoms with Crippen molar-refractivity contribution < 1.29 is 9.53 Å². The van der Waals surface area contributed by atoms with Crippen molar-refractivity contribution in [1.82, 2.24) is 9.66 Å². The van der Waals surface area contributed by atoms with E-state index in [9.17, 15) is 9.59 Å². The fourth-order valence-electron chi connectivity index (χ4n) is 3.71. The van der Waals surface area contributed by atoms with Gasteiger partial charge in [-0.05, 0) is 42.0 Å². The fraction of sp³-hybridized carbons (Fsp3) is 0. The Morgan fingerprint density at radius 1 is 0.892 bits per heavy atom. The van der Waals surface area contributed by atoms with Gasteiger partial charge in [-0.25, -0.2) is 9.78 Å². The van der Waals surface area contributed by atoms with E-state index in [1.807, 2.05) is 66.7 Å². The minimum atomic E-state index is -0.560. The molecule has 0 amide bonds. The lowest BCUT2D eigenvalue weighted by atomic mass is 10.2. The monoisotopic (exact) mass is 505 g/mol. The summed E-state index contributed by atoms with van der Waals surface area (Å²) >= 11 is 6.22. The zero-order chi connectivity index (χ0) is 25.6. The molecule has 0 N–H and O–H groups in total. The van der Waals surface area contributed by atoms with Crippen LogP contribution in [0.2, 0.25) is 5.02 Å². The maximum Gasteiger partial charge on any atom is 0.336 e. The predicted molar refractivity (Wildman–Crippen MR) is 147 cm³/mol. The number of fused-ring (bicyclic) bond motifs is 1. The van der Waals surface area contributed by atoms with Gasteiger partial charge in [0.1, 0.15) is 5.75 Å². The Kier molecular flexibility index (Phi) is 7.01. The molecule has 5 rings (SSSR count). The highest BCUT2D eigenvalue weighted by Gasteiger charge is 2.13. The summed E-state index contributed by atoms with van der Waals surface area (Å²) in [6.45, 7) is 0. The molecule has 0 radical (unpaired) electrons. The van der Waals surface area contributed by atoms with Crippen LogP contribution < -0.4 is 10.3 Å². The van der Waals surface area contributed by atoms with Crippen molar-refractivity contribution in [3.05, 3.63) is 136 Å². The maximum absolute atomic E-state index is 13.4. The Morgan fingerprint density at radius 2 is 1.59 bits per heavy atom. The standard InChI is InChI=1S/C30H20ClN3O3/c31-24-16-17-27(37-28(35)18-15-21-9-3-1-4-10-21)23(19-24)20-32-34-29(22-11-5-2-6-12-22)33-26-14-8-7-13-25(26)30(34)36/h1-20H/b18-15+,32-20?. The van der Waals surface area contributed by atoms with Crippen molar-refractivity contribution in [2.75, 3.05) is 0 Å². The first-order valence-electron chi connectivity index (χ1n) is 11.4. The molecule has 0 saturated heterocycles. The van der Waals surface area contributed by atoms with Gasteiger partial charge in [-0.3, -0.25) is 4.79 Å². The summed E-state index contributed by atoms with van der Waals surface area (Å²) in [6, 6.07) is 30.6. The van der Waals surface area contributed by atoms with Crippen LogP contribution in [-0.2, 0) is 4.79 Å². The zero-order valence-electron chi connectivity index (χ0n) is 19.5. The summed E-state index contributed by atoms with van der Waals surface area (Å²) in [5, 5.41) is 5.31. The van der Waals surface area contributed by atoms with Gasteiger partial charge < -0.3 is 4.74 Å². The van der Waals surface area contributed by atoms with E-state index >= 15 is 0 Å². The summed E-state index contributed by atoms with van der Waals surface area (Å²) < 4.78 is 6.78. The first-order chi connectivity index (χ1) is 18.1. The van der Waals surface area contributed by atoms with E-state index in [0.29, 0.717) is 27.3 Å². The zero-order valence-corrected chi connectivity index (χ0v) is 20.2. The molecule has 0 atom stereocenters. The van der Waals surface area contributed by atoms with Crippen molar-refractivity contribution in [2.24, 2.45) is 5.10 Å². The van der Waals surface area contributed by atoms with E-state index in [1.165, 1.54) is 17.0 Å². The van der Waals surface area contributed by atoms with Gasteiger partial charge in [-0.2, -0.15) is 9.78 Å². The Morgan fingerprint density at radius 3 is 2.38 bits per heavy atom. The van der Waals surface area contributed by atoms with Crippen LogP contribution >= 0.6 is 11.6 Å². The number of hydrogen-bond donors (Lipinski definition) is 0. The Labute approximate surface area is 217 Å². The number of carbonyl (C=O) groups excluding carboxylic acids is 1. The molecule has 1 aromatic heterocycles. The normalized spacial score (nSPS) is 11.4. The van der Waals surface area contributed by atoms with Crippen LogP contribution in [-0.4, -0.2) is 21.8 Å². The molecule has 0 aliphatic rings. The Hall–Kier alpha value is -4.81. The summed E-state index contributed by atoms with van der Waals surface area (Å²) in [4.78, 5) is 30.6. The number of hydrogen-bond acceptors (Lipinski definition) is 5. The van der Waals surface area contributed by atoms with Gasteiger partial charge in [0.2, 0.25) is 0 Å². The molecule has 6 nitrogen and oxygen atoms in total. The largest absolute Gasteiger partial charge is 0.423 e. The van der Waals surface area contributed by atoms with Gasteiger partial charge in [0, 0.05) is 22.2 Å². The molecule has 0 aliphatic heterocycles. The third-order valence-electron chi connectivity index (χ3n) is 5.49. The van der Waals surface area contributed by atoms with E-state index in [1.54, 1.807) is 42.5 Å². The van der Waals surface area contributed by atoms with Crippen LogP contribution in [0.15, 0.2) is 119 Å². The number of ether oxygens (including phenoxy) is 1. The van der Waals surface area contributed by atoms with Crippen molar-refractivity contribution in [3.8, 4) is 17.1 Å². The summed E-state index contributed by atoms with van der Waals surface area (Å²) in [6.07, 6.45) is 4.44. The highest BCUT2D eigenvalue weighted by Crippen LogP contribution is 2.23. The van der Waals surface area contributed by atoms with Gasteiger partial charge >= 0.3 is 5.97 Å². The maximum atomic E-state index is 13.4. The minimum absolute atomic E-state index is 0.249. The Balaban J connectivity index is 1.52. The van der Waals surface area contributed by atoms with Crippen molar-refractivity contribution in [2.45, 2.75) is 0 Å². The molecule has 0 saturated carbocycles. The average molecular weight is 506 g/mol. The summed E-state index contributed by atoms with van der Waals surface area (Å²) in [5.41, 5.74) is 2.26. The molecule has 5 aromatic rings. The number of rotatable bonds is 6. The number of carbonyl (C=O) groups is 1. The lowest BCUT2D eigenvalue weighted by molar-refractivity contribution is -0.128. The number of aromatic nitrogens is 2. The molecule has 0 spiro atoms. The number of halogens is 1. The second-order valence-corrected chi connectivity index (χ2v) is 8.46. The number of benzene rings is 4. The van der Waals surface area contributed by atoms with Crippen LogP contribution in [0.25, 0.3) is 28.4 Å². The molecule has 37 heavy (non-hydrogen) atoms. The average Bonchev–Trinajstić information content (AvgIpc) is 2.93. The van der Waals surface area contributed by atoms with E-state index in [4.69, 9.17) is 16.3 Å². The van der Waals surface area contributed by atoms with Gasteiger partial charge in [0.25, 0.3) is 5.56 Å². The first-order valence-corrected chi connectivity index (χ1v) is 11.8. The van der Waals surface area contributed by atoms with Gasteiger partial charge in [0.15, 0.2) is 5.82 Å². The molecule has 1 heterocycles. The van der Waals surface area contributed by atoms with Crippen LogP contribution in [0, 0.1) is 0 Å². The molecule has 0 fully saturated rings. The van der Waals surface area contributed by atoms with Crippen LogP contribution in [0.3, 0.4) is 0 Å². The quantitative estimate of drug-likeness (QED) is 0.119. The fourth-order valence-corrected chi connectivity index (χ4v) is 3.89. The number of nitrogens with zero attached hydrogens (tertiary/aromatic N) is 3. The molecule has 0 unspecified atom stereocenters. The highest BCUT2D eigenvalue weighted by atomic mass is 35.5. The van der Waals surface area contributed by atoms with Crippen LogP contribution in [0.5, 0.6) is 5.75 Å². The molecule has 0 aliphatic carbocycles. The second-order valence-electron chi connectivity index (χ2n) is 8.03. The summed E-state index contributed by atoms with van der Waals surface area (Å²) in [5.74, 6) is 0.0705. The van der Waals surface area contributed by atoms with Gasteiger partial charge in [0.05, 0.1) is 17.1 Å². The van der Waals surface area contributed by atoms with E-state index < -0.39 is 5.97 Å². The number of para-hydroxylation sites is 1. The van der Waals surface area contributed by atoms with Crippen LogP contribution in [0.1, 0.15) is 11.1 Å². The van der Waals surface area contributed by atoms with Crippen molar-refractivity contribution in [1.29, 1.82) is 0 Å². The Bertz CT molecular complexity index is 1690. The third-order valence-corrected chi connectivity index (χ3v) is 5.73. The van der Waals surface area contributed by atoms with Crippen molar-refractivity contribution >= 4 is 40.8 Å². The second kappa shape index (κ2) is 10.8. The van der Waals surface area contributed by atoms with E-state index in [0.717, 1.165) is 11.1 Å². The molecular formula is C30H20ClN3O3. The predicted octanol–water partition coefficient (Wildman–Crippen LogP) is 6.22. The van der Waals surface area contributed by atoms with Crippen molar-refractivity contribution in [3.63, 3.8) is 0 Å². The first kappa shape index (κ1) is 23.9. The van der Waals surface area contributed by atoms with Gasteiger partial charge in [-0.1, -0.05) is 84.4 Å². The van der Waals surface area contributed by atoms with E-state index in [-0.39, 0.29) is 11.3 Å². The lowest BCUT2D eigenvalue weighted by Gasteiger charge is -2.10. The molecule has 7 heteroatoms. The third kappa shape index (κ3) is 5.55. The lowest BCUT2D eigenvalue weighted by Crippen LogP contribution is -2.20. The highest BCUT2D eigenvalue weighted by molar-refractivity contribution is 6.31. The molecular weight excluding hydrogens is 486 g/mol.